The lowest BCUT2D eigenvalue weighted by atomic mass is 10.1. The molecule has 0 aliphatic rings. The van der Waals surface area contributed by atoms with Gasteiger partial charge in [0.05, 0.1) is 4.92 Å². The Bertz CT molecular complexity index is 681. The van der Waals surface area contributed by atoms with E-state index in [0.717, 1.165) is 6.07 Å². The number of amides is 1. The minimum absolute atomic E-state index is 0.0960. The van der Waals surface area contributed by atoms with Crippen LogP contribution in [0.1, 0.15) is 16.2 Å². The summed E-state index contributed by atoms with van der Waals surface area (Å²) < 4.78 is 1.58. The Hall–Kier alpha value is -2.97. The highest BCUT2D eigenvalue weighted by molar-refractivity contribution is 5.94. The van der Waals surface area contributed by atoms with Crippen LogP contribution in [-0.4, -0.2) is 32.1 Å². The summed E-state index contributed by atoms with van der Waals surface area (Å²) in [6.07, 6.45) is 2.11. The molecule has 0 saturated carbocycles. The maximum absolute atomic E-state index is 11.0. The van der Waals surface area contributed by atoms with Crippen molar-refractivity contribution in [3.63, 3.8) is 0 Å². The molecule has 0 aliphatic heterocycles. The van der Waals surface area contributed by atoms with Crippen molar-refractivity contribution in [2.45, 2.75) is 6.42 Å². The molecule has 1 aromatic carbocycles. The lowest BCUT2D eigenvalue weighted by Gasteiger charge is -2.06. The number of aromatic nitrogens is 3. The van der Waals surface area contributed by atoms with Crippen LogP contribution in [0.5, 0.6) is 0 Å². The Morgan fingerprint density at radius 2 is 2.29 bits per heavy atom. The summed E-state index contributed by atoms with van der Waals surface area (Å²) in [5.74, 6) is -0.0660. The van der Waals surface area contributed by atoms with Crippen molar-refractivity contribution in [2.75, 3.05) is 11.9 Å². The summed E-state index contributed by atoms with van der Waals surface area (Å²) in [7, 11) is 1.76. The van der Waals surface area contributed by atoms with Crippen LogP contribution >= 0.6 is 0 Å². The number of hydrogen-bond donors (Lipinski definition) is 2. The van der Waals surface area contributed by atoms with Crippen molar-refractivity contribution in [3.05, 3.63) is 46.0 Å². The van der Waals surface area contributed by atoms with Crippen LogP contribution in [-0.2, 0) is 13.5 Å². The number of carbonyl (C=O) groups excluding carboxylic acids is 1. The van der Waals surface area contributed by atoms with Gasteiger partial charge in [0.1, 0.15) is 12.0 Å². The van der Waals surface area contributed by atoms with E-state index in [9.17, 15) is 14.9 Å². The molecule has 2 aromatic rings. The number of benzene rings is 1. The van der Waals surface area contributed by atoms with Crippen molar-refractivity contribution >= 4 is 17.3 Å². The first-order chi connectivity index (χ1) is 9.97. The summed E-state index contributed by atoms with van der Waals surface area (Å²) in [5, 5.41) is 18.1. The topological polar surface area (TPSA) is 129 Å². The monoisotopic (exact) mass is 290 g/mol. The van der Waals surface area contributed by atoms with Gasteiger partial charge in [-0.25, -0.2) is 4.98 Å². The zero-order valence-corrected chi connectivity index (χ0v) is 11.3. The SMILES string of the molecule is Cn1cnc(CCNc2ccc(C(N)=O)cc2[N+](=O)[O-])n1. The molecule has 1 amide bonds. The van der Waals surface area contributed by atoms with Crippen LogP contribution in [0, 0.1) is 10.1 Å². The Morgan fingerprint density at radius 3 is 2.86 bits per heavy atom. The fraction of sp³-hybridized carbons (Fsp3) is 0.250. The molecular formula is C12H14N6O3. The summed E-state index contributed by atoms with van der Waals surface area (Å²) in [6, 6.07) is 4.06. The number of rotatable bonds is 6. The fourth-order valence-electron chi connectivity index (χ4n) is 1.79. The first-order valence-corrected chi connectivity index (χ1v) is 6.14. The van der Waals surface area contributed by atoms with E-state index in [-0.39, 0.29) is 11.3 Å². The molecule has 3 N–H and O–H groups in total. The first kappa shape index (κ1) is 14.4. The van der Waals surface area contributed by atoms with Crippen LogP contribution in [0.2, 0.25) is 0 Å². The average Bonchev–Trinajstić information content (AvgIpc) is 2.84. The predicted octanol–water partition coefficient (Wildman–Crippen LogP) is 0.477. The minimum Gasteiger partial charge on any atom is -0.379 e. The number of nitrogens with zero attached hydrogens (tertiary/aromatic N) is 4. The molecule has 21 heavy (non-hydrogen) atoms. The third-order valence-corrected chi connectivity index (χ3v) is 2.79. The molecule has 0 bridgehead atoms. The van der Waals surface area contributed by atoms with Crippen LogP contribution < -0.4 is 11.1 Å². The van der Waals surface area contributed by atoms with Crippen molar-refractivity contribution in [1.82, 2.24) is 14.8 Å². The molecule has 0 radical (unpaired) electrons. The van der Waals surface area contributed by atoms with Gasteiger partial charge in [0, 0.05) is 31.6 Å². The van der Waals surface area contributed by atoms with Crippen molar-refractivity contribution in [3.8, 4) is 0 Å². The highest BCUT2D eigenvalue weighted by Crippen LogP contribution is 2.25. The van der Waals surface area contributed by atoms with Crippen molar-refractivity contribution < 1.29 is 9.72 Å². The number of nitrogens with one attached hydrogen (secondary N) is 1. The number of nitrogens with two attached hydrogens (primary N) is 1. The molecule has 110 valence electrons. The number of hydrogen-bond acceptors (Lipinski definition) is 6. The van der Waals surface area contributed by atoms with Crippen LogP contribution in [0.25, 0.3) is 0 Å². The third kappa shape index (κ3) is 3.53. The van der Waals surface area contributed by atoms with E-state index in [1.807, 2.05) is 0 Å². The molecular weight excluding hydrogens is 276 g/mol. The summed E-state index contributed by atoms with van der Waals surface area (Å²) >= 11 is 0. The van der Waals surface area contributed by atoms with E-state index >= 15 is 0 Å². The number of aryl methyl sites for hydroxylation is 1. The molecule has 2 rings (SSSR count). The van der Waals surface area contributed by atoms with E-state index in [1.165, 1.54) is 12.1 Å². The van der Waals surface area contributed by atoms with Crippen LogP contribution in [0.15, 0.2) is 24.5 Å². The Kier molecular flexibility index (Phi) is 4.12. The Balaban J connectivity index is 2.08. The number of nitro benzene ring substituents is 1. The van der Waals surface area contributed by atoms with Gasteiger partial charge < -0.3 is 11.1 Å². The molecule has 0 spiro atoms. The first-order valence-electron chi connectivity index (χ1n) is 6.14. The molecule has 1 heterocycles. The van der Waals surface area contributed by atoms with Gasteiger partial charge in [-0.2, -0.15) is 5.10 Å². The lowest BCUT2D eigenvalue weighted by molar-refractivity contribution is -0.384. The van der Waals surface area contributed by atoms with E-state index < -0.39 is 10.8 Å². The van der Waals surface area contributed by atoms with Crippen molar-refractivity contribution in [2.24, 2.45) is 12.8 Å². The van der Waals surface area contributed by atoms with Crippen LogP contribution in [0.4, 0.5) is 11.4 Å². The zero-order chi connectivity index (χ0) is 15.4. The molecule has 0 atom stereocenters. The molecule has 0 saturated heterocycles. The Morgan fingerprint density at radius 1 is 1.52 bits per heavy atom. The molecule has 1 aromatic heterocycles. The van der Waals surface area contributed by atoms with Gasteiger partial charge in [0.2, 0.25) is 5.91 Å². The number of carbonyl (C=O) groups is 1. The second-order valence-corrected chi connectivity index (χ2v) is 4.36. The Labute approximate surface area is 119 Å². The molecule has 0 fully saturated rings. The van der Waals surface area contributed by atoms with Gasteiger partial charge in [-0.15, -0.1) is 0 Å². The zero-order valence-electron chi connectivity index (χ0n) is 11.3. The van der Waals surface area contributed by atoms with Gasteiger partial charge >= 0.3 is 0 Å². The molecule has 0 unspecified atom stereocenters. The number of primary amides is 1. The molecule has 9 nitrogen and oxygen atoms in total. The number of anilines is 1. The maximum Gasteiger partial charge on any atom is 0.293 e. The highest BCUT2D eigenvalue weighted by atomic mass is 16.6. The van der Waals surface area contributed by atoms with Gasteiger partial charge in [0.25, 0.3) is 5.69 Å². The third-order valence-electron chi connectivity index (χ3n) is 2.79. The van der Waals surface area contributed by atoms with Crippen LogP contribution in [0.3, 0.4) is 0 Å². The normalized spacial score (nSPS) is 10.3. The molecule has 0 aliphatic carbocycles. The standard InChI is InChI=1S/C12H14N6O3/c1-17-7-15-11(16-17)4-5-14-9-3-2-8(12(13)19)6-10(9)18(20)21/h2-3,6-7,14H,4-5H2,1H3,(H2,13,19). The van der Waals surface area contributed by atoms with Gasteiger partial charge in [0.15, 0.2) is 5.82 Å². The quantitative estimate of drug-likeness (QED) is 0.588. The van der Waals surface area contributed by atoms with E-state index in [1.54, 1.807) is 18.1 Å². The van der Waals surface area contributed by atoms with Crippen molar-refractivity contribution in [1.29, 1.82) is 0 Å². The average molecular weight is 290 g/mol. The van der Waals surface area contributed by atoms with E-state index in [4.69, 9.17) is 5.73 Å². The second kappa shape index (κ2) is 5.99. The van der Waals surface area contributed by atoms with Gasteiger partial charge in [-0.05, 0) is 12.1 Å². The maximum atomic E-state index is 11.0. The fourth-order valence-corrected chi connectivity index (χ4v) is 1.79. The smallest absolute Gasteiger partial charge is 0.293 e. The van der Waals surface area contributed by atoms with Gasteiger partial charge in [-0.1, -0.05) is 0 Å². The second-order valence-electron chi connectivity index (χ2n) is 4.36. The van der Waals surface area contributed by atoms with E-state index in [2.05, 4.69) is 15.4 Å². The van der Waals surface area contributed by atoms with E-state index in [0.29, 0.717) is 24.5 Å². The molecule has 9 heteroatoms. The summed E-state index contributed by atoms with van der Waals surface area (Å²) in [6.45, 7) is 0.431. The summed E-state index contributed by atoms with van der Waals surface area (Å²) in [5.41, 5.74) is 5.33. The minimum atomic E-state index is -0.706. The lowest BCUT2D eigenvalue weighted by Crippen LogP contribution is -2.13. The van der Waals surface area contributed by atoms with Gasteiger partial charge in [-0.3, -0.25) is 19.6 Å². The highest BCUT2D eigenvalue weighted by Gasteiger charge is 2.16. The summed E-state index contributed by atoms with van der Waals surface area (Å²) in [4.78, 5) is 25.6. The number of nitro groups is 1. The largest absolute Gasteiger partial charge is 0.379 e. The predicted molar refractivity (Wildman–Crippen MR) is 74.8 cm³/mol.